The highest BCUT2D eigenvalue weighted by Crippen LogP contribution is 2.30. The van der Waals surface area contributed by atoms with Crippen LogP contribution in [0.4, 0.5) is 10.5 Å². The number of benzene rings is 1. The summed E-state index contributed by atoms with van der Waals surface area (Å²) in [5.74, 6) is 0.194. The minimum atomic E-state index is -0.634. The Morgan fingerprint density at radius 3 is 2.50 bits per heavy atom. The summed E-state index contributed by atoms with van der Waals surface area (Å²) in [5.41, 5.74) is 0.479. The molecule has 0 spiro atoms. The third-order valence-corrected chi connectivity index (χ3v) is 4.55. The molecule has 9 heteroatoms. The Bertz CT molecular complexity index is 739. The van der Waals surface area contributed by atoms with Crippen LogP contribution in [0, 0.1) is 5.92 Å². The Balaban J connectivity index is 1.86. The van der Waals surface area contributed by atoms with Crippen LogP contribution in [-0.2, 0) is 14.3 Å². The highest BCUT2D eigenvalue weighted by Gasteiger charge is 2.28. The molecule has 0 bridgehead atoms. The van der Waals surface area contributed by atoms with Crippen molar-refractivity contribution in [1.29, 1.82) is 0 Å². The summed E-state index contributed by atoms with van der Waals surface area (Å²) in [6.45, 7) is 7.97. The van der Waals surface area contributed by atoms with Gasteiger partial charge in [0, 0.05) is 18.3 Å². The fraction of sp³-hybridized carbons (Fsp3) is 0.571. The first-order chi connectivity index (χ1) is 14.5. The van der Waals surface area contributed by atoms with Crippen molar-refractivity contribution in [2.24, 2.45) is 5.92 Å². The predicted octanol–water partition coefficient (Wildman–Crippen LogP) is 2.41. The van der Waals surface area contributed by atoms with Crippen molar-refractivity contribution >= 4 is 23.6 Å². The maximum Gasteiger partial charge on any atom is 0.325 e. The zero-order chi connectivity index (χ0) is 21.9. The first-order valence-corrected chi connectivity index (χ1v) is 10.4. The molecule has 1 aliphatic rings. The Hall–Kier alpha value is -2.81. The van der Waals surface area contributed by atoms with Gasteiger partial charge in [0.1, 0.15) is 0 Å². The summed E-state index contributed by atoms with van der Waals surface area (Å²) in [4.78, 5) is 38.2. The van der Waals surface area contributed by atoms with E-state index < -0.39 is 11.9 Å². The lowest BCUT2D eigenvalue weighted by Gasteiger charge is -2.30. The van der Waals surface area contributed by atoms with Crippen LogP contribution >= 0.6 is 0 Å². The highest BCUT2D eigenvalue weighted by atomic mass is 16.5. The second-order valence-electron chi connectivity index (χ2n) is 6.86. The molecule has 1 fully saturated rings. The largest absolute Gasteiger partial charge is 0.490 e. The first kappa shape index (κ1) is 23.5. The maximum atomic E-state index is 12.2. The van der Waals surface area contributed by atoms with Crippen molar-refractivity contribution in [3.05, 3.63) is 18.2 Å². The van der Waals surface area contributed by atoms with Crippen LogP contribution < -0.4 is 20.1 Å². The Kier molecular flexibility index (Phi) is 9.40. The summed E-state index contributed by atoms with van der Waals surface area (Å²) in [6.07, 6.45) is 1.55. The number of hydrogen-bond acceptors (Lipinski definition) is 7. The number of carbonyl (C=O) groups is 3. The summed E-state index contributed by atoms with van der Waals surface area (Å²) < 4.78 is 16.1. The number of ether oxygens (including phenoxy) is 3. The Morgan fingerprint density at radius 1 is 1.07 bits per heavy atom. The minimum absolute atomic E-state index is 0.0385. The lowest BCUT2D eigenvalue weighted by molar-refractivity contribution is -0.150. The molecule has 0 aliphatic carbocycles. The van der Waals surface area contributed by atoms with Crippen LogP contribution in [0.5, 0.6) is 11.5 Å². The molecule has 1 aromatic carbocycles. The lowest BCUT2D eigenvalue weighted by Crippen LogP contribution is -2.46. The van der Waals surface area contributed by atoms with Crippen LogP contribution in [0.2, 0.25) is 0 Å². The second-order valence-corrected chi connectivity index (χ2v) is 6.86. The normalized spacial score (nSPS) is 16.4. The fourth-order valence-corrected chi connectivity index (χ4v) is 3.31. The number of imide groups is 1. The molecule has 2 N–H and O–H groups in total. The van der Waals surface area contributed by atoms with Crippen molar-refractivity contribution in [3.63, 3.8) is 0 Å². The Labute approximate surface area is 177 Å². The highest BCUT2D eigenvalue weighted by molar-refractivity contribution is 6.01. The number of amides is 3. The summed E-state index contributed by atoms with van der Waals surface area (Å²) >= 11 is 0. The first-order valence-electron chi connectivity index (χ1n) is 10.4. The topological polar surface area (TPSA) is 106 Å². The number of nitrogens with zero attached hydrogens (tertiary/aromatic N) is 1. The van der Waals surface area contributed by atoms with E-state index in [2.05, 4.69) is 10.6 Å². The third kappa shape index (κ3) is 7.22. The second kappa shape index (κ2) is 12.0. The minimum Gasteiger partial charge on any atom is -0.490 e. The SMILES string of the molecule is CCOC(=O)[C@H]1CCCN(CC(=O)NC(=O)Nc2ccc(OCC)c(OCC)c2)C1. The number of urea groups is 1. The monoisotopic (exact) mass is 421 g/mol. The zero-order valence-electron chi connectivity index (χ0n) is 17.9. The molecular formula is C21H31N3O6. The fourth-order valence-electron chi connectivity index (χ4n) is 3.31. The number of carbonyl (C=O) groups excluding carboxylic acids is 3. The number of hydrogen-bond donors (Lipinski definition) is 2. The van der Waals surface area contributed by atoms with Gasteiger partial charge < -0.3 is 19.5 Å². The molecule has 0 saturated carbocycles. The third-order valence-electron chi connectivity index (χ3n) is 4.55. The van der Waals surface area contributed by atoms with E-state index in [0.29, 0.717) is 50.1 Å². The van der Waals surface area contributed by atoms with E-state index >= 15 is 0 Å². The number of piperidine rings is 1. The van der Waals surface area contributed by atoms with Gasteiger partial charge in [-0.15, -0.1) is 0 Å². The van der Waals surface area contributed by atoms with Gasteiger partial charge in [-0.3, -0.25) is 19.8 Å². The van der Waals surface area contributed by atoms with Gasteiger partial charge in [0.15, 0.2) is 11.5 Å². The quantitative estimate of drug-likeness (QED) is 0.590. The molecule has 30 heavy (non-hydrogen) atoms. The number of likely N-dealkylation sites (tertiary alicyclic amines) is 1. The van der Waals surface area contributed by atoms with Crippen molar-refractivity contribution in [3.8, 4) is 11.5 Å². The van der Waals surface area contributed by atoms with Gasteiger partial charge >= 0.3 is 12.0 Å². The standard InChI is InChI=1S/C21H31N3O6/c1-4-28-17-10-9-16(12-18(17)29-5-2)22-21(27)23-19(25)14-24-11-7-8-15(13-24)20(26)30-6-3/h9-10,12,15H,4-8,11,13-14H2,1-3H3,(H2,22,23,25,27)/t15-/m0/s1. The molecule has 1 aliphatic heterocycles. The molecule has 2 rings (SSSR count). The van der Waals surface area contributed by atoms with Gasteiger partial charge in [-0.05, 0) is 52.3 Å². The van der Waals surface area contributed by atoms with Gasteiger partial charge in [-0.25, -0.2) is 4.79 Å². The molecule has 9 nitrogen and oxygen atoms in total. The van der Waals surface area contributed by atoms with E-state index in [9.17, 15) is 14.4 Å². The van der Waals surface area contributed by atoms with E-state index in [1.165, 1.54) is 0 Å². The van der Waals surface area contributed by atoms with E-state index in [-0.39, 0.29) is 18.4 Å². The summed E-state index contributed by atoms with van der Waals surface area (Å²) in [6, 6.07) is 4.39. The number of rotatable bonds is 9. The number of esters is 1. The molecule has 1 saturated heterocycles. The van der Waals surface area contributed by atoms with Crippen LogP contribution in [0.3, 0.4) is 0 Å². The van der Waals surface area contributed by atoms with E-state index in [0.717, 1.165) is 12.8 Å². The molecule has 3 amide bonds. The molecule has 0 unspecified atom stereocenters. The van der Waals surface area contributed by atoms with E-state index in [1.54, 1.807) is 25.1 Å². The Morgan fingerprint density at radius 2 is 1.80 bits per heavy atom. The maximum absolute atomic E-state index is 12.2. The zero-order valence-corrected chi connectivity index (χ0v) is 17.9. The van der Waals surface area contributed by atoms with Gasteiger partial charge in [0.2, 0.25) is 5.91 Å². The van der Waals surface area contributed by atoms with Crippen molar-refractivity contribution in [1.82, 2.24) is 10.2 Å². The molecular weight excluding hydrogens is 390 g/mol. The average molecular weight is 421 g/mol. The summed E-state index contributed by atoms with van der Waals surface area (Å²) in [7, 11) is 0. The van der Waals surface area contributed by atoms with E-state index in [4.69, 9.17) is 14.2 Å². The molecule has 0 aromatic heterocycles. The van der Waals surface area contributed by atoms with Crippen molar-refractivity contribution in [2.45, 2.75) is 33.6 Å². The van der Waals surface area contributed by atoms with Crippen LogP contribution in [0.1, 0.15) is 33.6 Å². The smallest absolute Gasteiger partial charge is 0.325 e. The van der Waals surface area contributed by atoms with Gasteiger partial charge in [0.25, 0.3) is 0 Å². The molecule has 1 aromatic rings. The molecule has 1 atom stereocenters. The number of anilines is 1. The lowest BCUT2D eigenvalue weighted by atomic mass is 9.98. The van der Waals surface area contributed by atoms with Crippen LogP contribution in [0.15, 0.2) is 18.2 Å². The van der Waals surface area contributed by atoms with Gasteiger partial charge in [-0.2, -0.15) is 0 Å². The molecule has 0 radical (unpaired) electrons. The average Bonchev–Trinajstić information content (AvgIpc) is 2.70. The van der Waals surface area contributed by atoms with Gasteiger partial charge in [-0.1, -0.05) is 0 Å². The number of nitrogens with one attached hydrogen (secondary N) is 2. The summed E-state index contributed by atoms with van der Waals surface area (Å²) in [5, 5.41) is 4.94. The van der Waals surface area contributed by atoms with Crippen molar-refractivity contribution in [2.75, 3.05) is 44.8 Å². The van der Waals surface area contributed by atoms with Crippen molar-refractivity contribution < 1.29 is 28.6 Å². The van der Waals surface area contributed by atoms with E-state index in [1.807, 2.05) is 18.7 Å². The van der Waals surface area contributed by atoms with Gasteiger partial charge in [0.05, 0.1) is 32.3 Å². The molecule has 1 heterocycles. The molecule has 166 valence electrons. The van der Waals surface area contributed by atoms with Crippen LogP contribution in [0.25, 0.3) is 0 Å². The van der Waals surface area contributed by atoms with Crippen LogP contribution in [-0.4, -0.2) is 62.3 Å². The predicted molar refractivity (Wildman–Crippen MR) is 112 cm³/mol.